The molecule has 3 aromatic carbocycles. The zero-order chi connectivity index (χ0) is 28.3. The number of aryl methyl sites for hydroxylation is 1. The number of ether oxygens (including phenoxy) is 2. The van der Waals surface area contributed by atoms with E-state index in [0.29, 0.717) is 32.1 Å². The molecule has 6 rings (SSSR count). The van der Waals surface area contributed by atoms with E-state index in [1.807, 2.05) is 71.4 Å². The number of methoxy groups -OCH3 is 1. The van der Waals surface area contributed by atoms with Crippen molar-refractivity contribution >= 4 is 29.4 Å². The summed E-state index contributed by atoms with van der Waals surface area (Å²) < 4.78 is 12.7. The summed E-state index contributed by atoms with van der Waals surface area (Å²) in [5.41, 5.74) is 5.69. The Morgan fingerprint density at radius 1 is 1.00 bits per heavy atom. The lowest BCUT2D eigenvalue weighted by molar-refractivity contribution is -0.134. The molecule has 2 aliphatic heterocycles. The molecule has 4 aromatic rings. The Kier molecular flexibility index (Phi) is 7.80. The van der Waals surface area contributed by atoms with Crippen LogP contribution in [-0.2, 0) is 14.3 Å². The molecule has 0 N–H and O–H groups in total. The number of hydrogen-bond acceptors (Lipinski definition) is 6. The lowest BCUT2D eigenvalue weighted by Crippen LogP contribution is -2.48. The fourth-order valence-corrected chi connectivity index (χ4v) is 6.70. The van der Waals surface area contributed by atoms with Gasteiger partial charge in [0, 0.05) is 24.2 Å². The number of thioether (sulfide) groups is 1. The van der Waals surface area contributed by atoms with Crippen molar-refractivity contribution in [3.8, 4) is 22.7 Å². The van der Waals surface area contributed by atoms with Crippen LogP contribution in [0, 0.1) is 6.92 Å². The molecule has 1 atom stereocenters. The van der Waals surface area contributed by atoms with Crippen LogP contribution in [0.15, 0.2) is 78.9 Å². The Bertz CT molecular complexity index is 1550. The van der Waals surface area contributed by atoms with E-state index in [4.69, 9.17) is 14.6 Å². The maximum absolute atomic E-state index is 13.9. The largest absolute Gasteiger partial charge is 0.497 e. The Morgan fingerprint density at radius 3 is 2.41 bits per heavy atom. The van der Waals surface area contributed by atoms with Crippen molar-refractivity contribution in [2.45, 2.75) is 12.2 Å². The topological polar surface area (TPSA) is 76.9 Å². The predicted molar refractivity (Wildman–Crippen MR) is 161 cm³/mol. The van der Waals surface area contributed by atoms with Crippen molar-refractivity contribution in [2.24, 2.45) is 0 Å². The van der Waals surface area contributed by atoms with Crippen LogP contribution in [0.3, 0.4) is 0 Å². The summed E-state index contributed by atoms with van der Waals surface area (Å²) in [6.07, 6.45) is 0. The van der Waals surface area contributed by atoms with Gasteiger partial charge in [-0.05, 0) is 42.3 Å². The molecule has 210 valence electrons. The van der Waals surface area contributed by atoms with Gasteiger partial charge in [0.05, 0.1) is 42.7 Å². The van der Waals surface area contributed by atoms with Crippen molar-refractivity contribution in [1.82, 2.24) is 14.7 Å². The molecule has 3 heterocycles. The third-order valence-corrected chi connectivity index (χ3v) is 8.82. The molecule has 1 aromatic heterocycles. The summed E-state index contributed by atoms with van der Waals surface area (Å²) in [5.74, 6) is 1.36. The van der Waals surface area contributed by atoms with Crippen LogP contribution in [0.4, 0.5) is 5.82 Å². The van der Waals surface area contributed by atoms with E-state index in [1.54, 1.807) is 28.7 Å². The molecule has 0 radical (unpaired) electrons. The van der Waals surface area contributed by atoms with Gasteiger partial charge in [0.15, 0.2) is 0 Å². The number of morpholine rings is 1. The number of fused-ring (bicyclic) bond motifs is 1. The van der Waals surface area contributed by atoms with Gasteiger partial charge in [0.2, 0.25) is 11.8 Å². The minimum atomic E-state index is -0.166. The van der Waals surface area contributed by atoms with E-state index in [-0.39, 0.29) is 29.4 Å². The van der Waals surface area contributed by atoms with Gasteiger partial charge >= 0.3 is 0 Å². The van der Waals surface area contributed by atoms with Crippen LogP contribution in [0.2, 0.25) is 0 Å². The Morgan fingerprint density at radius 2 is 1.71 bits per heavy atom. The van der Waals surface area contributed by atoms with Gasteiger partial charge in [-0.2, -0.15) is 5.10 Å². The van der Waals surface area contributed by atoms with Crippen molar-refractivity contribution < 1.29 is 19.1 Å². The van der Waals surface area contributed by atoms with Gasteiger partial charge in [-0.15, -0.1) is 11.8 Å². The normalized spacial score (nSPS) is 17.2. The monoisotopic (exact) mass is 568 g/mol. The maximum atomic E-state index is 13.9. The van der Waals surface area contributed by atoms with Gasteiger partial charge in [-0.1, -0.05) is 54.6 Å². The van der Waals surface area contributed by atoms with Crippen LogP contribution < -0.4 is 9.64 Å². The number of hydrogen-bond donors (Lipinski definition) is 0. The highest BCUT2D eigenvalue weighted by atomic mass is 32.2. The highest BCUT2D eigenvalue weighted by Crippen LogP contribution is 2.49. The number of aromatic nitrogens is 2. The molecule has 1 fully saturated rings. The number of rotatable bonds is 6. The Balaban J connectivity index is 1.59. The Labute approximate surface area is 243 Å². The number of nitrogens with zero attached hydrogens (tertiary/aromatic N) is 4. The molecule has 0 unspecified atom stereocenters. The van der Waals surface area contributed by atoms with E-state index < -0.39 is 0 Å². The maximum Gasteiger partial charge on any atom is 0.242 e. The molecule has 8 nitrogen and oxygen atoms in total. The highest BCUT2D eigenvalue weighted by molar-refractivity contribution is 8.00. The van der Waals surface area contributed by atoms with Crippen LogP contribution in [0.5, 0.6) is 5.75 Å². The molecule has 0 spiro atoms. The first-order valence-corrected chi connectivity index (χ1v) is 14.8. The van der Waals surface area contributed by atoms with Gasteiger partial charge < -0.3 is 14.4 Å². The summed E-state index contributed by atoms with van der Waals surface area (Å²) >= 11 is 1.58. The molecule has 2 aliphatic rings. The Hall–Kier alpha value is -4.08. The number of amides is 2. The highest BCUT2D eigenvalue weighted by Gasteiger charge is 2.38. The quantitative estimate of drug-likeness (QED) is 0.330. The minimum Gasteiger partial charge on any atom is -0.497 e. The minimum absolute atomic E-state index is 0.0665. The van der Waals surface area contributed by atoms with Crippen molar-refractivity contribution in [3.05, 3.63) is 95.6 Å². The third kappa shape index (κ3) is 5.35. The van der Waals surface area contributed by atoms with E-state index in [2.05, 4.69) is 19.1 Å². The lowest BCUT2D eigenvalue weighted by Gasteiger charge is -2.30. The molecule has 41 heavy (non-hydrogen) atoms. The fraction of sp³-hybridized carbons (Fsp3) is 0.281. The SMILES string of the molecule is COc1ccc(-n2nc(-c3ccccc3)c3c2N(CC(=O)N2CCOCC2)C(=O)CS[C@@H]3c2ccccc2C)cc1. The van der Waals surface area contributed by atoms with Crippen LogP contribution in [0.1, 0.15) is 21.9 Å². The average Bonchev–Trinajstić information content (AvgIpc) is 3.35. The third-order valence-electron chi connectivity index (χ3n) is 7.58. The first-order valence-electron chi connectivity index (χ1n) is 13.7. The number of carbonyl (C=O) groups is 2. The molecule has 9 heteroatoms. The molecule has 0 saturated carbocycles. The summed E-state index contributed by atoms with van der Waals surface area (Å²) in [4.78, 5) is 30.9. The van der Waals surface area contributed by atoms with Crippen LogP contribution in [-0.4, -0.2) is 72.2 Å². The number of benzene rings is 3. The van der Waals surface area contributed by atoms with E-state index in [9.17, 15) is 9.59 Å². The van der Waals surface area contributed by atoms with Gasteiger partial charge in [-0.3, -0.25) is 14.5 Å². The lowest BCUT2D eigenvalue weighted by atomic mass is 9.97. The fourth-order valence-electron chi connectivity index (χ4n) is 5.41. The summed E-state index contributed by atoms with van der Waals surface area (Å²) in [5, 5.41) is 5.00. The molecule has 0 aliphatic carbocycles. The predicted octanol–water partition coefficient (Wildman–Crippen LogP) is 4.88. The smallest absolute Gasteiger partial charge is 0.242 e. The number of carbonyl (C=O) groups excluding carboxylic acids is 2. The molecule has 1 saturated heterocycles. The summed E-state index contributed by atoms with van der Waals surface area (Å²) in [6.45, 7) is 4.06. The van der Waals surface area contributed by atoms with Crippen LogP contribution in [0.25, 0.3) is 16.9 Å². The second-order valence-corrected chi connectivity index (χ2v) is 11.2. The van der Waals surface area contributed by atoms with E-state index in [1.165, 1.54) is 0 Å². The molecular formula is C32H32N4O4S. The molecule has 2 amide bonds. The standard InChI is InChI=1S/C32H32N4O4S/c1-22-8-6-7-11-26(22)31-29-30(23-9-4-3-5-10-23)33-36(24-12-14-25(39-2)15-13-24)32(29)35(28(38)21-41-31)20-27(37)34-16-18-40-19-17-34/h3-15,31H,16-21H2,1-2H3/t31-/m1/s1. The first kappa shape index (κ1) is 27.1. The second-order valence-electron chi connectivity index (χ2n) is 10.1. The summed E-state index contributed by atoms with van der Waals surface area (Å²) in [7, 11) is 1.63. The van der Waals surface area contributed by atoms with Crippen molar-refractivity contribution in [3.63, 3.8) is 0 Å². The zero-order valence-corrected chi connectivity index (χ0v) is 24.0. The van der Waals surface area contributed by atoms with Crippen molar-refractivity contribution in [1.29, 1.82) is 0 Å². The second kappa shape index (κ2) is 11.8. The van der Waals surface area contributed by atoms with Gasteiger partial charge in [0.1, 0.15) is 18.1 Å². The van der Waals surface area contributed by atoms with E-state index >= 15 is 0 Å². The molecule has 0 bridgehead atoms. The van der Waals surface area contributed by atoms with Crippen LogP contribution >= 0.6 is 11.8 Å². The zero-order valence-electron chi connectivity index (χ0n) is 23.2. The van der Waals surface area contributed by atoms with Crippen molar-refractivity contribution in [2.75, 3.05) is 50.6 Å². The van der Waals surface area contributed by atoms with Gasteiger partial charge in [0.25, 0.3) is 0 Å². The summed E-state index contributed by atoms with van der Waals surface area (Å²) in [6, 6.07) is 25.9. The number of anilines is 1. The average molecular weight is 569 g/mol. The van der Waals surface area contributed by atoms with Gasteiger partial charge in [-0.25, -0.2) is 4.68 Å². The molecular weight excluding hydrogens is 536 g/mol. The van der Waals surface area contributed by atoms with E-state index in [0.717, 1.165) is 39.4 Å². The first-order chi connectivity index (χ1) is 20.0.